The zero-order valence-electron chi connectivity index (χ0n) is 9.16. The Labute approximate surface area is 90.7 Å². The van der Waals surface area contributed by atoms with Crippen molar-refractivity contribution >= 4 is 0 Å². The van der Waals surface area contributed by atoms with Gasteiger partial charge in [0, 0.05) is 11.8 Å². The molecule has 0 saturated carbocycles. The Bertz CT molecular complexity index is 363. The number of ether oxygens (including phenoxy) is 1. The van der Waals surface area contributed by atoms with E-state index in [0.29, 0.717) is 19.1 Å². The summed E-state index contributed by atoms with van der Waals surface area (Å²) in [6, 6.07) is 1.87. The van der Waals surface area contributed by atoms with Gasteiger partial charge in [0.25, 0.3) is 0 Å². The third-order valence-electron chi connectivity index (χ3n) is 1.63. The monoisotopic (exact) mass is 204 g/mol. The maximum atomic E-state index is 5.53. The predicted molar refractivity (Wildman–Crippen MR) is 60.5 cm³/mol. The Balaban J connectivity index is 2.65. The molecule has 80 valence electrons. The van der Waals surface area contributed by atoms with Crippen LogP contribution in [0.5, 0.6) is 5.75 Å². The fourth-order valence-corrected chi connectivity index (χ4v) is 0.982. The second-order valence-electron chi connectivity index (χ2n) is 3.62. The lowest BCUT2D eigenvalue weighted by atomic mass is 10.2. The Morgan fingerprint density at radius 2 is 2.27 bits per heavy atom. The molecule has 0 saturated heterocycles. The largest absolute Gasteiger partial charge is 0.492 e. The fraction of sp³-hybridized carbons (Fsp3) is 0.417. The van der Waals surface area contributed by atoms with Gasteiger partial charge in [-0.2, -0.15) is 0 Å². The van der Waals surface area contributed by atoms with Crippen LogP contribution in [0.3, 0.4) is 0 Å². The zero-order chi connectivity index (χ0) is 11.1. The van der Waals surface area contributed by atoms with Crippen LogP contribution in [0.1, 0.15) is 19.4 Å². The van der Waals surface area contributed by atoms with Crippen molar-refractivity contribution in [3.63, 3.8) is 0 Å². The van der Waals surface area contributed by atoms with Gasteiger partial charge in [0.05, 0.1) is 19.3 Å². The number of nitrogens with two attached hydrogens (primary N) is 1. The van der Waals surface area contributed by atoms with E-state index < -0.39 is 0 Å². The summed E-state index contributed by atoms with van der Waals surface area (Å²) in [6.45, 7) is 5.25. The van der Waals surface area contributed by atoms with E-state index in [2.05, 4.69) is 30.7 Å². The second kappa shape index (κ2) is 6.05. The molecule has 0 unspecified atom stereocenters. The lowest BCUT2D eigenvalue weighted by molar-refractivity contribution is 0.270. The molecule has 0 amide bonds. The Kier molecular flexibility index (Phi) is 4.65. The van der Waals surface area contributed by atoms with Gasteiger partial charge in [-0.25, -0.2) is 0 Å². The average Bonchev–Trinajstić information content (AvgIpc) is 2.24. The molecule has 0 aliphatic carbocycles. The minimum Gasteiger partial charge on any atom is -0.492 e. The van der Waals surface area contributed by atoms with Crippen LogP contribution >= 0.6 is 0 Å². The Morgan fingerprint density at radius 1 is 1.47 bits per heavy atom. The third-order valence-corrected chi connectivity index (χ3v) is 1.63. The molecule has 15 heavy (non-hydrogen) atoms. The highest BCUT2D eigenvalue weighted by atomic mass is 16.5. The van der Waals surface area contributed by atoms with E-state index in [1.54, 1.807) is 12.4 Å². The molecule has 2 N–H and O–H groups in total. The highest BCUT2D eigenvalue weighted by Gasteiger charge is 1.98. The van der Waals surface area contributed by atoms with Gasteiger partial charge in [-0.3, -0.25) is 4.98 Å². The molecule has 1 aromatic rings. The highest BCUT2D eigenvalue weighted by molar-refractivity contribution is 5.36. The van der Waals surface area contributed by atoms with Crippen molar-refractivity contribution < 1.29 is 4.74 Å². The third kappa shape index (κ3) is 4.48. The van der Waals surface area contributed by atoms with Crippen LogP contribution in [0.15, 0.2) is 18.5 Å². The minimum atomic E-state index is 0.358. The van der Waals surface area contributed by atoms with Crippen LogP contribution in [-0.4, -0.2) is 18.1 Å². The smallest absolute Gasteiger partial charge is 0.138 e. The van der Waals surface area contributed by atoms with Gasteiger partial charge in [0.2, 0.25) is 0 Å². The summed E-state index contributed by atoms with van der Waals surface area (Å²) in [6.07, 6.45) is 3.39. The summed E-state index contributed by atoms with van der Waals surface area (Å²) >= 11 is 0. The van der Waals surface area contributed by atoms with Crippen molar-refractivity contribution in [2.24, 2.45) is 11.7 Å². The summed E-state index contributed by atoms with van der Waals surface area (Å²) in [4.78, 5) is 4.05. The van der Waals surface area contributed by atoms with Crippen molar-refractivity contribution in [3.8, 4) is 17.6 Å². The Morgan fingerprint density at radius 3 is 2.93 bits per heavy atom. The Hall–Kier alpha value is -1.53. The van der Waals surface area contributed by atoms with Gasteiger partial charge in [-0.15, -0.1) is 0 Å². The summed E-state index contributed by atoms with van der Waals surface area (Å²) in [5, 5.41) is 0. The molecule has 0 bridgehead atoms. The molecular weight excluding hydrogens is 188 g/mol. The standard InChI is InChI=1S/C12H16N2O/c1-10(2)9-15-12-6-11(4-3-5-13)7-14-8-12/h6-8,10H,5,9,13H2,1-2H3. The molecule has 0 aromatic carbocycles. The summed E-state index contributed by atoms with van der Waals surface area (Å²) in [5.41, 5.74) is 6.12. The molecule has 0 fully saturated rings. The van der Waals surface area contributed by atoms with E-state index in [0.717, 1.165) is 11.3 Å². The van der Waals surface area contributed by atoms with Gasteiger partial charge in [0.1, 0.15) is 5.75 Å². The molecule has 0 aliphatic heterocycles. The summed E-state index contributed by atoms with van der Waals surface area (Å²) in [7, 11) is 0. The van der Waals surface area contributed by atoms with Crippen LogP contribution in [-0.2, 0) is 0 Å². The van der Waals surface area contributed by atoms with E-state index in [1.807, 2.05) is 6.07 Å². The first-order valence-corrected chi connectivity index (χ1v) is 4.99. The number of rotatable bonds is 3. The maximum Gasteiger partial charge on any atom is 0.138 e. The van der Waals surface area contributed by atoms with Crippen molar-refractivity contribution in [2.75, 3.05) is 13.2 Å². The molecule has 1 aromatic heterocycles. The number of aromatic nitrogens is 1. The quantitative estimate of drug-likeness (QED) is 0.758. The molecular formula is C12H16N2O. The number of nitrogens with zero attached hydrogens (tertiary/aromatic N) is 1. The van der Waals surface area contributed by atoms with Gasteiger partial charge in [0.15, 0.2) is 0 Å². The number of pyridine rings is 1. The predicted octanol–water partition coefficient (Wildman–Crippen LogP) is 1.43. The van der Waals surface area contributed by atoms with Gasteiger partial charge < -0.3 is 10.5 Å². The molecule has 0 atom stereocenters. The SMILES string of the molecule is CC(C)COc1cncc(C#CCN)c1. The molecule has 3 nitrogen and oxygen atoms in total. The summed E-state index contributed by atoms with van der Waals surface area (Å²) in [5.74, 6) is 6.95. The van der Waals surface area contributed by atoms with Crippen LogP contribution in [0.25, 0.3) is 0 Å². The van der Waals surface area contributed by atoms with Crippen molar-refractivity contribution in [2.45, 2.75) is 13.8 Å². The van der Waals surface area contributed by atoms with Crippen molar-refractivity contribution in [3.05, 3.63) is 24.0 Å². The lowest BCUT2D eigenvalue weighted by Crippen LogP contribution is -2.04. The lowest BCUT2D eigenvalue weighted by Gasteiger charge is -2.07. The number of hydrogen-bond acceptors (Lipinski definition) is 3. The van der Waals surface area contributed by atoms with Crippen LogP contribution in [0.4, 0.5) is 0 Å². The van der Waals surface area contributed by atoms with E-state index >= 15 is 0 Å². The molecule has 0 radical (unpaired) electrons. The van der Waals surface area contributed by atoms with Gasteiger partial charge in [-0.1, -0.05) is 25.7 Å². The topological polar surface area (TPSA) is 48.1 Å². The molecule has 0 spiro atoms. The molecule has 0 aliphatic rings. The zero-order valence-corrected chi connectivity index (χ0v) is 9.16. The summed E-state index contributed by atoms with van der Waals surface area (Å²) < 4.78 is 5.53. The molecule has 1 rings (SSSR count). The van der Waals surface area contributed by atoms with Gasteiger partial charge in [-0.05, 0) is 12.0 Å². The van der Waals surface area contributed by atoms with Crippen LogP contribution < -0.4 is 10.5 Å². The highest BCUT2D eigenvalue weighted by Crippen LogP contribution is 2.11. The van der Waals surface area contributed by atoms with Crippen molar-refractivity contribution in [1.29, 1.82) is 0 Å². The maximum absolute atomic E-state index is 5.53. The molecule has 1 heterocycles. The van der Waals surface area contributed by atoms with Crippen LogP contribution in [0, 0.1) is 17.8 Å². The van der Waals surface area contributed by atoms with E-state index in [9.17, 15) is 0 Å². The molecule has 3 heteroatoms. The second-order valence-corrected chi connectivity index (χ2v) is 3.62. The number of hydrogen-bond donors (Lipinski definition) is 1. The average molecular weight is 204 g/mol. The first-order chi connectivity index (χ1) is 7.22. The van der Waals surface area contributed by atoms with Crippen LogP contribution in [0.2, 0.25) is 0 Å². The van der Waals surface area contributed by atoms with E-state index in [-0.39, 0.29) is 0 Å². The normalized spacial score (nSPS) is 9.60. The van der Waals surface area contributed by atoms with Gasteiger partial charge >= 0.3 is 0 Å². The van der Waals surface area contributed by atoms with E-state index in [1.165, 1.54) is 0 Å². The first-order valence-electron chi connectivity index (χ1n) is 4.99. The first kappa shape index (κ1) is 11.5. The fourth-order valence-electron chi connectivity index (χ4n) is 0.982. The van der Waals surface area contributed by atoms with Crippen molar-refractivity contribution in [1.82, 2.24) is 4.98 Å². The van der Waals surface area contributed by atoms with E-state index in [4.69, 9.17) is 10.5 Å². The minimum absolute atomic E-state index is 0.358.